The first-order chi connectivity index (χ1) is 8.43. The highest BCUT2D eigenvalue weighted by molar-refractivity contribution is 9.10. The molecule has 1 heterocycles. The monoisotopic (exact) mass is 383 g/mol. The normalized spacial score (nSPS) is 11.8. The van der Waals surface area contributed by atoms with Crippen molar-refractivity contribution in [3.05, 3.63) is 40.3 Å². The van der Waals surface area contributed by atoms with Crippen LogP contribution >= 0.6 is 31.9 Å². The van der Waals surface area contributed by atoms with Gasteiger partial charge in [0.05, 0.1) is 11.3 Å². The van der Waals surface area contributed by atoms with E-state index in [0.717, 1.165) is 12.5 Å². The van der Waals surface area contributed by atoms with E-state index in [1.807, 2.05) is 0 Å². The maximum Gasteiger partial charge on any atom is 0.417 e. The van der Waals surface area contributed by atoms with E-state index < -0.39 is 11.7 Å². The van der Waals surface area contributed by atoms with Gasteiger partial charge in [0.25, 0.3) is 0 Å². The molecule has 0 saturated heterocycles. The van der Waals surface area contributed by atoms with Gasteiger partial charge in [-0.15, -0.1) is 0 Å². The topological polar surface area (TPSA) is 26.0 Å². The number of oxazole rings is 1. The third kappa shape index (κ3) is 2.61. The Morgan fingerprint density at radius 1 is 1.28 bits per heavy atom. The van der Waals surface area contributed by atoms with E-state index in [2.05, 4.69) is 36.8 Å². The second kappa shape index (κ2) is 5.05. The first-order valence-electron chi connectivity index (χ1n) is 4.79. The van der Waals surface area contributed by atoms with Gasteiger partial charge >= 0.3 is 6.18 Å². The van der Waals surface area contributed by atoms with Crippen molar-refractivity contribution in [3.63, 3.8) is 0 Å². The molecule has 2 rings (SSSR count). The molecule has 0 spiro atoms. The van der Waals surface area contributed by atoms with Gasteiger partial charge in [-0.2, -0.15) is 13.2 Å². The predicted molar refractivity (Wildman–Crippen MR) is 67.3 cm³/mol. The maximum absolute atomic E-state index is 13.0. The van der Waals surface area contributed by atoms with Crippen LogP contribution in [0.2, 0.25) is 0 Å². The Kier molecular flexibility index (Phi) is 3.82. The molecular weight excluding hydrogens is 379 g/mol. The van der Waals surface area contributed by atoms with Crippen molar-refractivity contribution in [2.75, 3.05) is 0 Å². The highest BCUT2D eigenvalue weighted by Gasteiger charge is 2.35. The van der Waals surface area contributed by atoms with Crippen LogP contribution in [0.1, 0.15) is 11.3 Å². The van der Waals surface area contributed by atoms with Gasteiger partial charge in [-0.3, -0.25) is 0 Å². The van der Waals surface area contributed by atoms with Crippen LogP contribution < -0.4 is 0 Å². The number of alkyl halides is 4. The van der Waals surface area contributed by atoms with Crippen LogP contribution in [0.25, 0.3) is 11.3 Å². The number of nitrogens with zero attached hydrogens (tertiary/aromatic N) is 1. The Morgan fingerprint density at radius 2 is 2.00 bits per heavy atom. The summed E-state index contributed by atoms with van der Waals surface area (Å²) in [6.07, 6.45) is -3.32. The molecule has 0 fully saturated rings. The van der Waals surface area contributed by atoms with Crippen LogP contribution in [0.5, 0.6) is 0 Å². The van der Waals surface area contributed by atoms with Crippen LogP contribution in [-0.2, 0) is 11.5 Å². The third-order valence-corrected chi connectivity index (χ3v) is 3.32. The lowest BCUT2D eigenvalue weighted by Crippen LogP contribution is -2.07. The molecule has 0 aliphatic heterocycles. The first-order valence-corrected chi connectivity index (χ1v) is 6.70. The van der Waals surface area contributed by atoms with E-state index in [0.29, 0.717) is 15.5 Å². The Morgan fingerprint density at radius 3 is 2.61 bits per heavy atom. The number of hydrogen-bond acceptors (Lipinski definition) is 2. The molecule has 18 heavy (non-hydrogen) atoms. The Bertz CT molecular complexity index is 566. The zero-order chi connectivity index (χ0) is 13.3. The number of halogens is 5. The van der Waals surface area contributed by atoms with Crippen LogP contribution in [0.15, 0.2) is 33.5 Å². The molecule has 0 aliphatic carbocycles. The summed E-state index contributed by atoms with van der Waals surface area (Å²) < 4.78 is 44.3. The van der Waals surface area contributed by atoms with E-state index in [4.69, 9.17) is 4.42 Å². The molecule has 0 unspecified atom stereocenters. The van der Waals surface area contributed by atoms with Crippen LogP contribution in [0.3, 0.4) is 0 Å². The number of rotatable bonds is 2. The van der Waals surface area contributed by atoms with Crippen molar-refractivity contribution in [2.24, 2.45) is 0 Å². The van der Waals surface area contributed by atoms with Crippen molar-refractivity contribution in [3.8, 4) is 11.3 Å². The molecular formula is C11H6Br2F3NO. The standard InChI is InChI=1S/C11H6Br2F3NO/c12-4-9-10(18-5-17-9)7-2-1-6(13)3-8(7)11(14,15)16/h1-3,5H,4H2. The minimum absolute atomic E-state index is 0.0161. The number of aromatic nitrogens is 1. The van der Waals surface area contributed by atoms with Crippen molar-refractivity contribution in [1.29, 1.82) is 0 Å². The largest absolute Gasteiger partial charge is 0.443 e. The van der Waals surface area contributed by atoms with Gasteiger partial charge in [0.15, 0.2) is 12.2 Å². The molecule has 0 radical (unpaired) electrons. The van der Waals surface area contributed by atoms with E-state index in [9.17, 15) is 13.2 Å². The van der Waals surface area contributed by atoms with Gasteiger partial charge in [-0.1, -0.05) is 31.9 Å². The smallest absolute Gasteiger partial charge is 0.417 e. The quantitative estimate of drug-likeness (QED) is 0.679. The summed E-state index contributed by atoms with van der Waals surface area (Å²) in [6.45, 7) is 0. The van der Waals surface area contributed by atoms with Crippen LogP contribution in [-0.4, -0.2) is 4.98 Å². The minimum Gasteiger partial charge on any atom is -0.443 e. The molecule has 0 amide bonds. The highest BCUT2D eigenvalue weighted by atomic mass is 79.9. The van der Waals surface area contributed by atoms with Gasteiger partial charge in [0.2, 0.25) is 0 Å². The summed E-state index contributed by atoms with van der Waals surface area (Å²) >= 11 is 6.19. The molecule has 1 aromatic carbocycles. The molecule has 0 atom stereocenters. The fourth-order valence-electron chi connectivity index (χ4n) is 1.53. The van der Waals surface area contributed by atoms with Crippen molar-refractivity contribution in [1.82, 2.24) is 4.98 Å². The van der Waals surface area contributed by atoms with E-state index in [1.165, 1.54) is 12.1 Å². The highest BCUT2D eigenvalue weighted by Crippen LogP contribution is 2.39. The maximum atomic E-state index is 13.0. The zero-order valence-corrected chi connectivity index (χ0v) is 11.9. The summed E-state index contributed by atoms with van der Waals surface area (Å²) in [5.74, 6) is 0.131. The molecule has 0 saturated carbocycles. The van der Waals surface area contributed by atoms with E-state index >= 15 is 0 Å². The molecule has 2 aromatic rings. The summed E-state index contributed by atoms with van der Waals surface area (Å²) in [6, 6.07) is 3.92. The summed E-state index contributed by atoms with van der Waals surface area (Å²) in [5.41, 5.74) is -0.337. The van der Waals surface area contributed by atoms with Crippen molar-refractivity contribution >= 4 is 31.9 Å². The van der Waals surface area contributed by atoms with Gasteiger partial charge < -0.3 is 4.42 Å². The second-order valence-corrected chi connectivity index (χ2v) is 4.93. The van der Waals surface area contributed by atoms with Gasteiger partial charge in [0, 0.05) is 15.4 Å². The fraction of sp³-hybridized carbons (Fsp3) is 0.182. The molecule has 0 bridgehead atoms. The summed E-state index contributed by atoms with van der Waals surface area (Å²) in [5, 5.41) is 0.326. The minimum atomic E-state index is -4.45. The number of hydrogen-bond donors (Lipinski definition) is 0. The zero-order valence-electron chi connectivity index (χ0n) is 8.76. The van der Waals surface area contributed by atoms with Gasteiger partial charge in [0.1, 0.15) is 0 Å². The molecule has 2 nitrogen and oxygen atoms in total. The average molecular weight is 385 g/mol. The lowest BCUT2D eigenvalue weighted by Gasteiger charge is -2.12. The Hall–Kier alpha value is -0.820. The fourth-order valence-corrected chi connectivity index (χ4v) is 2.29. The summed E-state index contributed by atoms with van der Waals surface area (Å²) in [4.78, 5) is 3.86. The van der Waals surface area contributed by atoms with Crippen molar-refractivity contribution in [2.45, 2.75) is 11.5 Å². The lowest BCUT2D eigenvalue weighted by atomic mass is 10.0. The number of benzene rings is 1. The SMILES string of the molecule is FC(F)(F)c1cc(Br)ccc1-c1ocnc1CBr. The molecule has 1 aromatic heterocycles. The molecule has 0 aliphatic rings. The van der Waals surface area contributed by atoms with Crippen LogP contribution in [0.4, 0.5) is 13.2 Å². The van der Waals surface area contributed by atoms with Crippen molar-refractivity contribution < 1.29 is 17.6 Å². The van der Waals surface area contributed by atoms with Gasteiger partial charge in [-0.25, -0.2) is 4.98 Å². The average Bonchev–Trinajstić information content (AvgIpc) is 2.75. The molecule has 0 N–H and O–H groups in total. The van der Waals surface area contributed by atoms with E-state index in [1.54, 1.807) is 0 Å². The second-order valence-electron chi connectivity index (χ2n) is 3.45. The Balaban J connectivity index is 2.65. The predicted octanol–water partition coefficient (Wildman–Crippen LogP) is 5.02. The van der Waals surface area contributed by atoms with Gasteiger partial charge in [-0.05, 0) is 18.2 Å². The van der Waals surface area contributed by atoms with E-state index in [-0.39, 0.29) is 11.3 Å². The Labute approximate surface area is 117 Å². The molecule has 96 valence electrons. The lowest BCUT2D eigenvalue weighted by molar-refractivity contribution is -0.137. The third-order valence-electron chi connectivity index (χ3n) is 2.30. The molecule has 7 heteroatoms. The van der Waals surface area contributed by atoms with Crippen LogP contribution in [0, 0.1) is 0 Å². The summed E-state index contributed by atoms with van der Waals surface area (Å²) in [7, 11) is 0. The first kappa shape index (κ1) is 13.6.